The number of rotatable bonds is 7. The summed E-state index contributed by atoms with van der Waals surface area (Å²) in [4.78, 5) is 16.9. The first-order valence-corrected chi connectivity index (χ1v) is 10.8. The molecule has 29 heavy (non-hydrogen) atoms. The second kappa shape index (κ2) is 8.60. The van der Waals surface area contributed by atoms with Gasteiger partial charge in [0.25, 0.3) is 5.91 Å². The third kappa shape index (κ3) is 4.73. The maximum absolute atomic E-state index is 12.4. The molecular weight excluding hydrogens is 414 g/mol. The molecule has 0 spiro atoms. The van der Waals surface area contributed by atoms with Gasteiger partial charge in [0.05, 0.1) is 22.2 Å². The van der Waals surface area contributed by atoms with E-state index in [1.807, 2.05) is 0 Å². The Labute approximate surface area is 171 Å². The van der Waals surface area contributed by atoms with E-state index < -0.39 is 15.9 Å². The van der Waals surface area contributed by atoms with E-state index in [0.717, 1.165) is 5.52 Å². The van der Waals surface area contributed by atoms with E-state index in [1.165, 1.54) is 30.6 Å². The number of methoxy groups -OCH3 is 1. The minimum Gasteiger partial charge on any atom is -0.493 e. The Kier molecular flexibility index (Phi) is 6.16. The number of thiazole rings is 1. The number of aromatic nitrogens is 1. The van der Waals surface area contributed by atoms with E-state index in [2.05, 4.69) is 11.6 Å². The fourth-order valence-corrected chi connectivity index (χ4v) is 4.35. The first-order chi connectivity index (χ1) is 13.8. The average Bonchev–Trinajstić information content (AvgIpc) is 3.02. The third-order valence-corrected chi connectivity index (χ3v) is 5.89. The van der Waals surface area contributed by atoms with Crippen molar-refractivity contribution in [3.8, 4) is 11.5 Å². The zero-order chi connectivity index (χ0) is 21.0. The normalized spacial score (nSPS) is 12.1. The van der Waals surface area contributed by atoms with Crippen LogP contribution >= 0.6 is 11.3 Å². The molecule has 3 rings (SSSR count). The summed E-state index contributed by atoms with van der Waals surface area (Å²) >= 11 is 1.18. The SMILES string of the molecule is C=CCn1c(=NC(=O)COc2ccccc2OC)sc2cc(S(N)(=O)=O)ccc21. The highest BCUT2D eigenvalue weighted by molar-refractivity contribution is 7.89. The lowest BCUT2D eigenvalue weighted by Gasteiger charge is -2.08. The molecule has 0 atom stereocenters. The Morgan fingerprint density at radius 1 is 1.28 bits per heavy atom. The van der Waals surface area contributed by atoms with E-state index in [-0.39, 0.29) is 11.5 Å². The summed E-state index contributed by atoms with van der Waals surface area (Å²) in [5, 5.41) is 5.20. The van der Waals surface area contributed by atoms with E-state index in [1.54, 1.807) is 41.0 Å². The van der Waals surface area contributed by atoms with Crippen LogP contribution in [0.4, 0.5) is 0 Å². The minimum atomic E-state index is -3.83. The Morgan fingerprint density at radius 3 is 2.66 bits per heavy atom. The molecule has 0 aliphatic heterocycles. The molecule has 1 heterocycles. The number of benzene rings is 2. The monoisotopic (exact) mass is 433 g/mol. The number of hydrogen-bond acceptors (Lipinski definition) is 6. The van der Waals surface area contributed by atoms with Crippen LogP contribution in [0.5, 0.6) is 11.5 Å². The lowest BCUT2D eigenvalue weighted by molar-refractivity contribution is -0.120. The van der Waals surface area contributed by atoms with Crippen LogP contribution < -0.4 is 19.4 Å². The number of carbonyl (C=O) groups excluding carboxylic acids is 1. The van der Waals surface area contributed by atoms with Crippen LogP contribution in [0.15, 0.2) is 65.0 Å². The van der Waals surface area contributed by atoms with Gasteiger partial charge >= 0.3 is 0 Å². The molecule has 0 fully saturated rings. The lowest BCUT2D eigenvalue weighted by atomic mass is 10.3. The number of nitrogens with two attached hydrogens (primary N) is 1. The highest BCUT2D eigenvalue weighted by Gasteiger charge is 2.13. The molecular formula is C19H19N3O5S2. The molecule has 0 aliphatic carbocycles. The van der Waals surface area contributed by atoms with Crippen LogP contribution in [0.1, 0.15) is 0 Å². The van der Waals surface area contributed by atoms with Crippen molar-refractivity contribution in [1.29, 1.82) is 0 Å². The maximum atomic E-state index is 12.4. The van der Waals surface area contributed by atoms with Crippen molar-refractivity contribution >= 4 is 37.5 Å². The quantitative estimate of drug-likeness (QED) is 0.573. The van der Waals surface area contributed by atoms with Gasteiger partial charge < -0.3 is 14.0 Å². The Morgan fingerprint density at radius 2 is 2.00 bits per heavy atom. The van der Waals surface area contributed by atoms with Gasteiger partial charge in [-0.2, -0.15) is 4.99 Å². The van der Waals surface area contributed by atoms with Gasteiger partial charge in [-0.25, -0.2) is 13.6 Å². The van der Waals surface area contributed by atoms with Crippen molar-refractivity contribution in [3.05, 3.63) is 59.9 Å². The molecule has 8 nitrogen and oxygen atoms in total. The number of ether oxygens (including phenoxy) is 2. The zero-order valence-corrected chi connectivity index (χ0v) is 17.2. The molecule has 0 saturated heterocycles. The smallest absolute Gasteiger partial charge is 0.286 e. The van der Waals surface area contributed by atoms with Crippen LogP contribution in [0.25, 0.3) is 10.2 Å². The molecule has 3 aromatic rings. The summed E-state index contributed by atoms with van der Waals surface area (Å²) in [7, 11) is -2.32. The summed E-state index contributed by atoms with van der Waals surface area (Å²) in [5.41, 5.74) is 0.722. The van der Waals surface area contributed by atoms with Crippen molar-refractivity contribution in [2.75, 3.05) is 13.7 Å². The highest BCUT2D eigenvalue weighted by Crippen LogP contribution is 2.25. The molecule has 10 heteroatoms. The maximum Gasteiger partial charge on any atom is 0.286 e. The van der Waals surface area contributed by atoms with E-state index in [9.17, 15) is 13.2 Å². The molecule has 0 radical (unpaired) electrons. The summed E-state index contributed by atoms with van der Waals surface area (Å²) in [5.74, 6) is 0.456. The van der Waals surface area contributed by atoms with Gasteiger partial charge in [-0.15, -0.1) is 6.58 Å². The average molecular weight is 434 g/mol. The Hall–Kier alpha value is -2.95. The molecule has 1 amide bonds. The summed E-state index contributed by atoms with van der Waals surface area (Å²) < 4.78 is 36.3. The van der Waals surface area contributed by atoms with Crippen molar-refractivity contribution in [1.82, 2.24) is 4.57 Å². The molecule has 0 saturated carbocycles. The van der Waals surface area contributed by atoms with Gasteiger partial charge in [0.15, 0.2) is 22.9 Å². The summed E-state index contributed by atoms with van der Waals surface area (Å²) in [6, 6.07) is 11.5. The molecule has 0 unspecified atom stereocenters. The predicted octanol–water partition coefficient (Wildman–Crippen LogP) is 2.05. The fourth-order valence-electron chi connectivity index (χ4n) is 2.64. The molecule has 2 aromatic carbocycles. The van der Waals surface area contributed by atoms with Crippen LogP contribution in [-0.2, 0) is 21.4 Å². The van der Waals surface area contributed by atoms with Crippen LogP contribution in [0.2, 0.25) is 0 Å². The molecule has 0 bridgehead atoms. The second-order valence-electron chi connectivity index (χ2n) is 5.90. The minimum absolute atomic E-state index is 0.00520. The topological polar surface area (TPSA) is 113 Å². The largest absolute Gasteiger partial charge is 0.493 e. The number of fused-ring (bicyclic) bond motifs is 1. The molecule has 0 aliphatic rings. The molecule has 152 valence electrons. The molecule has 1 aromatic heterocycles. The zero-order valence-electron chi connectivity index (χ0n) is 15.6. The number of allylic oxidation sites excluding steroid dienone is 1. The summed E-state index contributed by atoms with van der Waals surface area (Å²) in [6.45, 7) is 3.84. The standard InChI is InChI=1S/C19H19N3O5S2/c1-3-10-22-14-9-8-13(29(20,24)25)11-17(14)28-19(22)21-18(23)12-27-16-7-5-4-6-15(16)26-2/h3-9,11H,1,10,12H2,2H3,(H2,20,24,25). The van der Waals surface area contributed by atoms with Crippen molar-refractivity contribution < 1.29 is 22.7 Å². The van der Waals surface area contributed by atoms with Crippen molar-refractivity contribution in [2.45, 2.75) is 11.4 Å². The number of amides is 1. The van der Waals surface area contributed by atoms with Gasteiger partial charge in [0.2, 0.25) is 10.0 Å². The number of carbonyl (C=O) groups is 1. The first-order valence-electron chi connectivity index (χ1n) is 8.44. The van der Waals surface area contributed by atoms with E-state index >= 15 is 0 Å². The fraction of sp³-hybridized carbons (Fsp3) is 0.158. The first kappa shape index (κ1) is 20.8. The number of para-hydroxylation sites is 2. The third-order valence-electron chi connectivity index (χ3n) is 3.93. The van der Waals surface area contributed by atoms with Gasteiger partial charge in [-0.1, -0.05) is 29.5 Å². The lowest BCUT2D eigenvalue weighted by Crippen LogP contribution is -2.19. The van der Waals surface area contributed by atoms with Crippen LogP contribution in [0.3, 0.4) is 0 Å². The number of primary sulfonamides is 1. The summed E-state index contributed by atoms with van der Waals surface area (Å²) in [6.07, 6.45) is 1.66. The van der Waals surface area contributed by atoms with Crippen molar-refractivity contribution in [3.63, 3.8) is 0 Å². The Bertz CT molecular complexity index is 1240. The Balaban J connectivity index is 1.94. The van der Waals surface area contributed by atoms with Gasteiger partial charge in [0, 0.05) is 6.54 Å². The number of nitrogens with zero attached hydrogens (tertiary/aromatic N) is 2. The number of hydrogen-bond donors (Lipinski definition) is 1. The van der Waals surface area contributed by atoms with Gasteiger partial charge in [0.1, 0.15) is 0 Å². The van der Waals surface area contributed by atoms with Gasteiger partial charge in [-0.05, 0) is 30.3 Å². The second-order valence-corrected chi connectivity index (χ2v) is 8.47. The predicted molar refractivity (Wildman–Crippen MR) is 110 cm³/mol. The highest BCUT2D eigenvalue weighted by atomic mass is 32.2. The van der Waals surface area contributed by atoms with Crippen LogP contribution in [-0.4, -0.2) is 32.6 Å². The molecule has 2 N–H and O–H groups in total. The van der Waals surface area contributed by atoms with E-state index in [4.69, 9.17) is 14.6 Å². The number of sulfonamides is 1. The van der Waals surface area contributed by atoms with Gasteiger partial charge in [-0.3, -0.25) is 4.79 Å². The van der Waals surface area contributed by atoms with Crippen molar-refractivity contribution in [2.24, 2.45) is 10.1 Å². The van der Waals surface area contributed by atoms with Crippen LogP contribution in [0, 0.1) is 0 Å². The van der Waals surface area contributed by atoms with E-state index in [0.29, 0.717) is 27.5 Å².